The summed E-state index contributed by atoms with van der Waals surface area (Å²) in [7, 11) is 0. The fraction of sp³-hybridized carbons (Fsp3) is 0.316. The van der Waals surface area contributed by atoms with E-state index in [-0.39, 0.29) is 19.1 Å². The molecule has 0 aliphatic carbocycles. The highest BCUT2D eigenvalue weighted by Crippen LogP contribution is 2.36. The molecule has 0 spiro atoms. The maximum absolute atomic E-state index is 10.7. The number of aryl methyl sites for hydroxylation is 1. The molecule has 2 aromatic rings. The summed E-state index contributed by atoms with van der Waals surface area (Å²) in [6.07, 6.45) is 0.363. The van der Waals surface area contributed by atoms with Crippen molar-refractivity contribution in [2.75, 3.05) is 5.32 Å². The SMILES string of the molecule is CC(C)Nc1cccc(COc2c(Cl)cc(CCC(=O)O)cc2Cl)c1Cl. The van der Waals surface area contributed by atoms with Crippen LogP contribution in [0.1, 0.15) is 31.4 Å². The molecule has 4 nitrogen and oxygen atoms in total. The van der Waals surface area contributed by atoms with Crippen molar-refractivity contribution < 1.29 is 14.6 Å². The van der Waals surface area contributed by atoms with Crippen LogP contribution in [0.5, 0.6) is 5.75 Å². The molecule has 0 atom stereocenters. The van der Waals surface area contributed by atoms with Crippen LogP contribution in [0.3, 0.4) is 0 Å². The molecular formula is C19H20Cl3NO3. The number of carboxylic acids is 1. The Morgan fingerprint density at radius 2 is 1.85 bits per heavy atom. The zero-order chi connectivity index (χ0) is 19.3. The van der Waals surface area contributed by atoms with E-state index >= 15 is 0 Å². The molecule has 0 fully saturated rings. The van der Waals surface area contributed by atoms with Crippen LogP contribution in [-0.4, -0.2) is 17.1 Å². The van der Waals surface area contributed by atoms with Gasteiger partial charge in [0, 0.05) is 18.0 Å². The van der Waals surface area contributed by atoms with Crippen molar-refractivity contribution in [1.82, 2.24) is 0 Å². The summed E-state index contributed by atoms with van der Waals surface area (Å²) < 4.78 is 5.78. The van der Waals surface area contributed by atoms with Gasteiger partial charge in [-0.2, -0.15) is 0 Å². The van der Waals surface area contributed by atoms with Gasteiger partial charge in [-0.15, -0.1) is 0 Å². The third-order valence-corrected chi connectivity index (χ3v) is 4.59. The molecule has 0 saturated heterocycles. The topological polar surface area (TPSA) is 58.6 Å². The molecule has 0 aliphatic heterocycles. The van der Waals surface area contributed by atoms with Crippen molar-refractivity contribution in [3.05, 3.63) is 56.5 Å². The minimum Gasteiger partial charge on any atom is -0.486 e. The maximum atomic E-state index is 10.7. The number of hydrogen-bond acceptors (Lipinski definition) is 3. The van der Waals surface area contributed by atoms with Crippen molar-refractivity contribution in [2.45, 2.75) is 39.3 Å². The Bertz CT molecular complexity index is 771. The van der Waals surface area contributed by atoms with Crippen LogP contribution in [0.2, 0.25) is 15.1 Å². The Kier molecular flexibility index (Phi) is 7.44. The van der Waals surface area contributed by atoms with Gasteiger partial charge < -0.3 is 15.2 Å². The molecule has 0 saturated carbocycles. The van der Waals surface area contributed by atoms with Gasteiger partial charge in [-0.05, 0) is 44.0 Å². The third-order valence-electron chi connectivity index (χ3n) is 3.58. The Morgan fingerprint density at radius 1 is 1.19 bits per heavy atom. The number of aliphatic carboxylic acids is 1. The van der Waals surface area contributed by atoms with Crippen LogP contribution >= 0.6 is 34.8 Å². The summed E-state index contributed by atoms with van der Waals surface area (Å²) in [5, 5.41) is 13.3. The number of hydrogen-bond donors (Lipinski definition) is 2. The summed E-state index contributed by atoms with van der Waals surface area (Å²) in [6.45, 7) is 4.27. The van der Waals surface area contributed by atoms with E-state index < -0.39 is 5.97 Å². The first-order valence-electron chi connectivity index (χ1n) is 8.14. The molecule has 0 aliphatic rings. The van der Waals surface area contributed by atoms with Crippen LogP contribution in [0.15, 0.2) is 30.3 Å². The number of rotatable bonds is 8. The quantitative estimate of drug-likeness (QED) is 0.549. The van der Waals surface area contributed by atoms with Crippen molar-refractivity contribution in [3.63, 3.8) is 0 Å². The highest BCUT2D eigenvalue weighted by Gasteiger charge is 2.13. The first kappa shape index (κ1) is 20.7. The van der Waals surface area contributed by atoms with E-state index in [1.807, 2.05) is 32.0 Å². The van der Waals surface area contributed by atoms with Crippen LogP contribution in [0.25, 0.3) is 0 Å². The summed E-state index contributed by atoms with van der Waals surface area (Å²) in [4.78, 5) is 10.7. The predicted octanol–water partition coefficient (Wildman–Crippen LogP) is 6.06. The monoisotopic (exact) mass is 415 g/mol. The number of nitrogens with one attached hydrogen (secondary N) is 1. The van der Waals surface area contributed by atoms with E-state index in [9.17, 15) is 4.79 Å². The second-order valence-electron chi connectivity index (χ2n) is 6.15. The Labute approximate surface area is 168 Å². The Balaban J connectivity index is 2.13. The smallest absolute Gasteiger partial charge is 0.303 e. The largest absolute Gasteiger partial charge is 0.486 e. The molecule has 2 aromatic carbocycles. The van der Waals surface area contributed by atoms with Crippen molar-refractivity contribution in [2.24, 2.45) is 0 Å². The van der Waals surface area contributed by atoms with Crippen LogP contribution < -0.4 is 10.1 Å². The van der Waals surface area contributed by atoms with Crippen LogP contribution in [0.4, 0.5) is 5.69 Å². The number of benzene rings is 2. The maximum Gasteiger partial charge on any atom is 0.303 e. The van der Waals surface area contributed by atoms with Gasteiger partial charge >= 0.3 is 5.97 Å². The van der Waals surface area contributed by atoms with Crippen molar-refractivity contribution in [1.29, 1.82) is 0 Å². The number of anilines is 1. The highest BCUT2D eigenvalue weighted by molar-refractivity contribution is 6.37. The number of carboxylic acid groups (broad SMARTS) is 1. The second-order valence-corrected chi connectivity index (χ2v) is 7.34. The van der Waals surface area contributed by atoms with Gasteiger partial charge in [0.15, 0.2) is 5.75 Å². The summed E-state index contributed by atoms with van der Waals surface area (Å²) in [5.74, 6) is -0.521. The van der Waals surface area contributed by atoms with Crippen molar-refractivity contribution in [3.8, 4) is 5.75 Å². The third kappa shape index (κ3) is 5.70. The first-order chi connectivity index (χ1) is 12.3. The molecule has 140 valence electrons. The normalized spacial score (nSPS) is 10.8. The van der Waals surface area contributed by atoms with Crippen molar-refractivity contribution >= 4 is 46.5 Å². The average molecular weight is 417 g/mol. The van der Waals surface area contributed by atoms with Crippen LogP contribution in [0, 0.1) is 0 Å². The summed E-state index contributed by atoms with van der Waals surface area (Å²) in [5.41, 5.74) is 2.39. The zero-order valence-electron chi connectivity index (χ0n) is 14.5. The number of halogens is 3. The van der Waals surface area contributed by atoms with E-state index in [1.54, 1.807) is 12.1 Å². The summed E-state index contributed by atoms with van der Waals surface area (Å²) >= 11 is 18.9. The molecule has 2 rings (SSSR count). The lowest BCUT2D eigenvalue weighted by Gasteiger charge is -2.16. The molecule has 0 heterocycles. The molecule has 0 amide bonds. The molecule has 0 aromatic heterocycles. The van der Waals surface area contributed by atoms with E-state index in [0.29, 0.717) is 27.2 Å². The Hall–Kier alpha value is -1.62. The molecule has 7 heteroatoms. The fourth-order valence-corrected chi connectivity index (χ4v) is 3.29. The van der Waals surface area contributed by atoms with E-state index in [2.05, 4.69) is 5.32 Å². The number of carbonyl (C=O) groups is 1. The van der Waals surface area contributed by atoms with E-state index in [0.717, 1.165) is 16.8 Å². The lowest BCUT2D eigenvalue weighted by atomic mass is 10.1. The fourth-order valence-electron chi connectivity index (χ4n) is 2.41. The lowest BCUT2D eigenvalue weighted by Crippen LogP contribution is -2.10. The van der Waals surface area contributed by atoms with E-state index in [4.69, 9.17) is 44.6 Å². The van der Waals surface area contributed by atoms with Gasteiger partial charge in [-0.25, -0.2) is 0 Å². The van der Waals surface area contributed by atoms with Gasteiger partial charge in [-0.3, -0.25) is 4.79 Å². The molecule has 0 bridgehead atoms. The Morgan fingerprint density at radius 3 is 2.42 bits per heavy atom. The highest BCUT2D eigenvalue weighted by atomic mass is 35.5. The zero-order valence-corrected chi connectivity index (χ0v) is 16.8. The van der Waals surface area contributed by atoms with Gasteiger partial charge in [-0.1, -0.05) is 46.9 Å². The molecule has 0 unspecified atom stereocenters. The van der Waals surface area contributed by atoms with E-state index in [1.165, 1.54) is 0 Å². The standard InChI is InChI=1S/C19H20Cl3NO3/c1-11(2)23-16-5-3-4-13(18(16)22)10-26-19-14(20)8-12(9-15(19)21)6-7-17(24)25/h3-5,8-9,11,23H,6-7,10H2,1-2H3,(H,24,25). The number of ether oxygens (including phenoxy) is 1. The predicted molar refractivity (Wildman–Crippen MR) is 107 cm³/mol. The van der Waals surface area contributed by atoms with Gasteiger partial charge in [0.1, 0.15) is 6.61 Å². The molecule has 26 heavy (non-hydrogen) atoms. The molecule has 0 radical (unpaired) electrons. The molecular weight excluding hydrogens is 397 g/mol. The van der Waals surface area contributed by atoms with Gasteiger partial charge in [0.25, 0.3) is 0 Å². The lowest BCUT2D eigenvalue weighted by molar-refractivity contribution is -0.136. The molecule has 2 N–H and O–H groups in total. The first-order valence-corrected chi connectivity index (χ1v) is 9.27. The second kappa shape index (κ2) is 9.36. The minimum absolute atomic E-state index is 0.0120. The van der Waals surface area contributed by atoms with Gasteiger partial charge in [0.2, 0.25) is 0 Å². The van der Waals surface area contributed by atoms with Gasteiger partial charge in [0.05, 0.1) is 20.8 Å². The summed E-state index contributed by atoms with van der Waals surface area (Å²) in [6, 6.07) is 9.27. The minimum atomic E-state index is -0.873. The average Bonchev–Trinajstić information content (AvgIpc) is 2.55. The van der Waals surface area contributed by atoms with Crippen LogP contribution in [-0.2, 0) is 17.8 Å².